The first-order valence-electron chi connectivity index (χ1n) is 9.10. The van der Waals surface area contributed by atoms with E-state index >= 15 is 0 Å². The molecule has 3 heterocycles. The van der Waals surface area contributed by atoms with Crippen molar-refractivity contribution in [3.05, 3.63) is 46.3 Å². The molecular formula is C19H21N3O4S2. The molecule has 0 N–H and O–H groups in total. The maximum atomic E-state index is 13.0. The van der Waals surface area contributed by atoms with Crippen molar-refractivity contribution >= 4 is 38.2 Å². The summed E-state index contributed by atoms with van der Waals surface area (Å²) < 4.78 is 27.4. The second-order valence-corrected chi connectivity index (χ2v) is 9.91. The molecule has 148 valence electrons. The second-order valence-electron chi connectivity index (χ2n) is 6.88. The van der Waals surface area contributed by atoms with Gasteiger partial charge in [-0.1, -0.05) is 18.2 Å². The van der Waals surface area contributed by atoms with Gasteiger partial charge in [-0.05, 0) is 31.0 Å². The van der Waals surface area contributed by atoms with E-state index in [0.29, 0.717) is 30.1 Å². The standard InChI is InChI=1S/C19H21N3O4S2/c1-3-22-16(23)12-20(2)18(24)17-14-9-10-21(11-15(14)27-19(17)22)28(25,26)13-7-5-4-6-8-13/h4-8H,3,9-12H2,1-2H3. The van der Waals surface area contributed by atoms with Crippen LogP contribution < -0.4 is 4.90 Å². The molecule has 0 atom stereocenters. The number of fused-ring (bicyclic) bond motifs is 3. The molecule has 4 rings (SSSR count). The molecule has 2 aliphatic heterocycles. The number of thiophene rings is 1. The van der Waals surface area contributed by atoms with Gasteiger partial charge in [0.05, 0.1) is 10.5 Å². The third-order valence-electron chi connectivity index (χ3n) is 5.18. The Balaban J connectivity index is 1.75. The number of amides is 2. The van der Waals surface area contributed by atoms with E-state index < -0.39 is 10.0 Å². The van der Waals surface area contributed by atoms with Crippen LogP contribution in [0, 0.1) is 0 Å². The normalized spacial score (nSPS) is 18.1. The molecule has 0 bridgehead atoms. The summed E-state index contributed by atoms with van der Waals surface area (Å²) in [6.45, 7) is 2.93. The summed E-state index contributed by atoms with van der Waals surface area (Å²) in [6.07, 6.45) is 0.457. The summed E-state index contributed by atoms with van der Waals surface area (Å²) in [5, 5.41) is 0.644. The lowest BCUT2D eigenvalue weighted by atomic mass is 10.0. The Morgan fingerprint density at radius 2 is 1.82 bits per heavy atom. The van der Waals surface area contributed by atoms with Gasteiger partial charge in [0.2, 0.25) is 15.9 Å². The molecule has 0 unspecified atom stereocenters. The molecule has 0 radical (unpaired) electrons. The smallest absolute Gasteiger partial charge is 0.257 e. The first-order chi connectivity index (χ1) is 13.3. The van der Waals surface area contributed by atoms with Crippen LogP contribution in [0.25, 0.3) is 0 Å². The van der Waals surface area contributed by atoms with Crippen molar-refractivity contribution < 1.29 is 18.0 Å². The van der Waals surface area contributed by atoms with Gasteiger partial charge in [-0.3, -0.25) is 9.59 Å². The number of hydrogen-bond donors (Lipinski definition) is 0. The Morgan fingerprint density at radius 3 is 2.50 bits per heavy atom. The monoisotopic (exact) mass is 419 g/mol. The summed E-state index contributed by atoms with van der Waals surface area (Å²) in [4.78, 5) is 29.6. The van der Waals surface area contributed by atoms with Crippen LogP contribution in [0.15, 0.2) is 35.2 Å². The number of benzene rings is 1. The van der Waals surface area contributed by atoms with Crippen LogP contribution in [0.2, 0.25) is 0 Å². The van der Waals surface area contributed by atoms with E-state index in [0.717, 1.165) is 10.4 Å². The molecule has 0 saturated carbocycles. The molecule has 1 aromatic carbocycles. The fourth-order valence-corrected chi connectivity index (χ4v) is 6.65. The van der Waals surface area contributed by atoms with Gasteiger partial charge >= 0.3 is 0 Å². The highest BCUT2D eigenvalue weighted by Gasteiger charge is 2.38. The highest BCUT2D eigenvalue weighted by molar-refractivity contribution is 7.89. The fraction of sp³-hybridized carbons (Fsp3) is 0.368. The summed E-state index contributed by atoms with van der Waals surface area (Å²) in [5.41, 5.74) is 1.44. The SMILES string of the molecule is CCN1C(=O)CN(C)C(=O)c2c1sc1c2CCN(S(=O)(=O)c2ccccc2)C1. The molecule has 1 aromatic heterocycles. The van der Waals surface area contributed by atoms with Gasteiger partial charge in [0.15, 0.2) is 0 Å². The number of likely N-dealkylation sites (N-methyl/N-ethyl adjacent to an activating group) is 2. The summed E-state index contributed by atoms with van der Waals surface area (Å²) in [7, 11) is -1.98. The molecule has 0 fully saturated rings. The minimum Gasteiger partial charge on any atom is -0.332 e. The van der Waals surface area contributed by atoms with Crippen molar-refractivity contribution in [3.63, 3.8) is 0 Å². The Bertz CT molecular complexity index is 1050. The molecule has 2 amide bonds. The molecule has 2 aliphatic rings. The zero-order valence-electron chi connectivity index (χ0n) is 15.7. The van der Waals surface area contributed by atoms with Gasteiger partial charge in [-0.15, -0.1) is 11.3 Å². The van der Waals surface area contributed by atoms with Crippen LogP contribution >= 0.6 is 11.3 Å². The summed E-state index contributed by atoms with van der Waals surface area (Å²) in [6, 6.07) is 8.36. The fourth-order valence-electron chi connectivity index (χ4n) is 3.71. The topological polar surface area (TPSA) is 78.0 Å². The first-order valence-corrected chi connectivity index (χ1v) is 11.4. The Kier molecular flexibility index (Phi) is 4.76. The van der Waals surface area contributed by atoms with Crippen molar-refractivity contribution in [2.45, 2.75) is 24.8 Å². The molecular weight excluding hydrogens is 398 g/mol. The zero-order chi connectivity index (χ0) is 20.1. The Morgan fingerprint density at radius 1 is 1.11 bits per heavy atom. The molecule has 28 heavy (non-hydrogen) atoms. The molecule has 7 nitrogen and oxygen atoms in total. The highest BCUT2D eigenvalue weighted by atomic mass is 32.2. The summed E-state index contributed by atoms with van der Waals surface area (Å²) >= 11 is 1.36. The van der Waals surface area contributed by atoms with Gasteiger partial charge in [0.25, 0.3) is 5.91 Å². The predicted molar refractivity (Wildman–Crippen MR) is 107 cm³/mol. The van der Waals surface area contributed by atoms with E-state index in [2.05, 4.69) is 0 Å². The van der Waals surface area contributed by atoms with Crippen LogP contribution in [-0.4, -0.2) is 56.1 Å². The average molecular weight is 420 g/mol. The largest absolute Gasteiger partial charge is 0.332 e. The van der Waals surface area contributed by atoms with Crippen LogP contribution in [0.4, 0.5) is 5.00 Å². The van der Waals surface area contributed by atoms with Crippen molar-refractivity contribution in [1.82, 2.24) is 9.21 Å². The van der Waals surface area contributed by atoms with Crippen molar-refractivity contribution in [2.75, 3.05) is 31.6 Å². The maximum Gasteiger partial charge on any atom is 0.257 e. The van der Waals surface area contributed by atoms with E-state index in [9.17, 15) is 18.0 Å². The third-order valence-corrected chi connectivity index (χ3v) is 8.28. The lowest BCUT2D eigenvalue weighted by Gasteiger charge is -2.27. The number of carbonyl (C=O) groups excluding carboxylic acids is 2. The Labute approximate surface area is 168 Å². The van der Waals surface area contributed by atoms with Crippen LogP contribution in [0.5, 0.6) is 0 Å². The van der Waals surface area contributed by atoms with E-state index in [4.69, 9.17) is 0 Å². The van der Waals surface area contributed by atoms with E-state index in [-0.39, 0.29) is 29.8 Å². The molecule has 0 aliphatic carbocycles. The van der Waals surface area contributed by atoms with Gasteiger partial charge in [-0.25, -0.2) is 8.42 Å². The Hall–Kier alpha value is -2.23. The van der Waals surface area contributed by atoms with E-state index in [1.807, 2.05) is 6.92 Å². The zero-order valence-corrected chi connectivity index (χ0v) is 17.3. The maximum absolute atomic E-state index is 13.0. The number of anilines is 1. The number of sulfonamides is 1. The molecule has 9 heteroatoms. The average Bonchev–Trinajstić information content (AvgIpc) is 3.02. The minimum absolute atomic E-state index is 0.0529. The van der Waals surface area contributed by atoms with Crippen molar-refractivity contribution in [1.29, 1.82) is 0 Å². The predicted octanol–water partition coefficient (Wildman–Crippen LogP) is 1.93. The highest BCUT2D eigenvalue weighted by Crippen LogP contribution is 2.42. The van der Waals surface area contributed by atoms with Crippen molar-refractivity contribution in [3.8, 4) is 0 Å². The van der Waals surface area contributed by atoms with E-state index in [1.165, 1.54) is 20.5 Å². The lowest BCUT2D eigenvalue weighted by Crippen LogP contribution is -2.38. The van der Waals surface area contributed by atoms with Crippen molar-refractivity contribution in [2.24, 2.45) is 0 Å². The summed E-state index contributed by atoms with van der Waals surface area (Å²) in [5.74, 6) is -0.291. The quantitative estimate of drug-likeness (QED) is 0.762. The van der Waals surface area contributed by atoms with Crippen LogP contribution in [-0.2, 0) is 27.8 Å². The third kappa shape index (κ3) is 2.94. The van der Waals surface area contributed by atoms with E-state index in [1.54, 1.807) is 42.3 Å². The van der Waals surface area contributed by atoms with Gasteiger partial charge in [0, 0.05) is 31.6 Å². The number of nitrogens with zero attached hydrogens (tertiary/aromatic N) is 3. The van der Waals surface area contributed by atoms with Gasteiger partial charge in [0.1, 0.15) is 11.5 Å². The first kappa shape index (κ1) is 19.1. The number of carbonyl (C=O) groups is 2. The molecule has 0 spiro atoms. The lowest BCUT2D eigenvalue weighted by molar-refractivity contribution is -0.118. The van der Waals surface area contributed by atoms with Gasteiger partial charge < -0.3 is 9.80 Å². The molecule has 0 saturated heterocycles. The molecule has 2 aromatic rings. The number of hydrogen-bond acceptors (Lipinski definition) is 5. The van der Waals surface area contributed by atoms with Crippen LogP contribution in [0.1, 0.15) is 27.7 Å². The van der Waals surface area contributed by atoms with Crippen LogP contribution in [0.3, 0.4) is 0 Å². The van der Waals surface area contributed by atoms with Gasteiger partial charge in [-0.2, -0.15) is 4.31 Å². The minimum atomic E-state index is -3.60. The second kappa shape index (κ2) is 6.98. The number of rotatable bonds is 3.